The van der Waals surface area contributed by atoms with E-state index in [1.54, 1.807) is 0 Å². The Morgan fingerprint density at radius 2 is 1.17 bits per heavy atom. The molecule has 7 heteroatoms. The van der Waals surface area contributed by atoms with Gasteiger partial charge >= 0.3 is 0 Å². The molecule has 2 unspecified atom stereocenters. The van der Waals surface area contributed by atoms with Crippen molar-refractivity contribution in [2.75, 3.05) is 5.75 Å². The fourth-order valence-electron chi connectivity index (χ4n) is 4.58. The molecule has 0 spiro atoms. The van der Waals surface area contributed by atoms with Crippen molar-refractivity contribution in [3.05, 3.63) is 48.6 Å². The van der Waals surface area contributed by atoms with E-state index in [2.05, 4.69) is 55.6 Å². The molecule has 0 aliphatic rings. The lowest BCUT2D eigenvalue weighted by atomic mass is 10.1. The first kappa shape index (κ1) is 39.3. The normalized spacial score (nSPS) is 14.1. The molecule has 0 bridgehead atoms. The second-order valence-electron chi connectivity index (χ2n) is 11.1. The molecule has 238 valence electrons. The van der Waals surface area contributed by atoms with Crippen molar-refractivity contribution >= 4 is 16.0 Å². The lowest BCUT2D eigenvalue weighted by Gasteiger charge is -2.21. The van der Waals surface area contributed by atoms with Crippen LogP contribution in [0.25, 0.3) is 0 Å². The van der Waals surface area contributed by atoms with Crippen LogP contribution in [0.5, 0.6) is 0 Å². The smallest absolute Gasteiger partial charge is 0.267 e. The summed E-state index contributed by atoms with van der Waals surface area (Å²) in [6.07, 6.45) is 36.7. The summed E-state index contributed by atoms with van der Waals surface area (Å²) in [6, 6.07) is -1.06. The van der Waals surface area contributed by atoms with Crippen molar-refractivity contribution in [3.8, 4) is 0 Å². The molecule has 1 amide bonds. The Labute approximate surface area is 252 Å². The third-order valence-corrected chi connectivity index (χ3v) is 7.79. The molecular formula is C34H61NO5S. The molecule has 2 atom stereocenters. The molecule has 6 nitrogen and oxygen atoms in total. The highest BCUT2D eigenvalue weighted by atomic mass is 32.2. The van der Waals surface area contributed by atoms with Gasteiger partial charge in [0.15, 0.2) is 0 Å². The van der Waals surface area contributed by atoms with Crippen LogP contribution >= 0.6 is 0 Å². The Hall–Kier alpha value is -1.70. The lowest BCUT2D eigenvalue weighted by Crippen LogP contribution is -2.46. The Morgan fingerprint density at radius 3 is 1.73 bits per heavy atom. The minimum absolute atomic E-state index is 0.282. The number of carbonyl (C=O) groups excluding carboxylic acids is 1. The van der Waals surface area contributed by atoms with Crippen LogP contribution in [0.1, 0.15) is 142 Å². The molecule has 0 radical (unpaired) electrons. The van der Waals surface area contributed by atoms with E-state index in [4.69, 9.17) is 0 Å². The van der Waals surface area contributed by atoms with Crippen molar-refractivity contribution in [1.82, 2.24) is 5.32 Å². The predicted octanol–water partition coefficient (Wildman–Crippen LogP) is 8.79. The summed E-state index contributed by atoms with van der Waals surface area (Å²) in [7, 11) is -4.33. The van der Waals surface area contributed by atoms with Crippen LogP contribution in [0.4, 0.5) is 0 Å². The zero-order valence-corrected chi connectivity index (χ0v) is 27.0. The van der Waals surface area contributed by atoms with Crippen molar-refractivity contribution in [1.29, 1.82) is 0 Å². The zero-order valence-electron chi connectivity index (χ0n) is 26.2. The van der Waals surface area contributed by atoms with Crippen LogP contribution in [0.15, 0.2) is 48.6 Å². The van der Waals surface area contributed by atoms with E-state index < -0.39 is 28.0 Å². The van der Waals surface area contributed by atoms with Gasteiger partial charge in [-0.05, 0) is 51.4 Å². The highest BCUT2D eigenvalue weighted by Crippen LogP contribution is 2.12. The predicted molar refractivity (Wildman–Crippen MR) is 175 cm³/mol. The number of amides is 1. The number of unbranched alkanes of at least 4 members (excludes halogenated alkanes) is 14. The number of nitrogens with one attached hydrogen (secondary N) is 1. The number of hydrogen-bond acceptors (Lipinski definition) is 4. The molecule has 41 heavy (non-hydrogen) atoms. The third-order valence-electron chi connectivity index (χ3n) is 7.01. The van der Waals surface area contributed by atoms with E-state index in [9.17, 15) is 22.9 Å². The summed E-state index contributed by atoms with van der Waals surface area (Å²) >= 11 is 0. The van der Waals surface area contributed by atoms with Gasteiger partial charge in [0.05, 0.1) is 17.9 Å². The van der Waals surface area contributed by atoms with Crippen LogP contribution < -0.4 is 5.32 Å². The van der Waals surface area contributed by atoms with Crippen molar-refractivity contribution in [2.45, 2.75) is 154 Å². The summed E-state index contributed by atoms with van der Waals surface area (Å²) in [5.74, 6) is -0.998. The largest absolute Gasteiger partial charge is 0.387 e. The van der Waals surface area contributed by atoms with E-state index in [-0.39, 0.29) is 12.3 Å². The van der Waals surface area contributed by atoms with Gasteiger partial charge in [0.2, 0.25) is 5.91 Å². The van der Waals surface area contributed by atoms with Gasteiger partial charge < -0.3 is 10.4 Å². The van der Waals surface area contributed by atoms with Gasteiger partial charge in [-0.1, -0.05) is 133 Å². The van der Waals surface area contributed by atoms with Crippen molar-refractivity contribution in [3.63, 3.8) is 0 Å². The van der Waals surface area contributed by atoms with E-state index in [0.29, 0.717) is 0 Å². The summed E-state index contributed by atoms with van der Waals surface area (Å²) in [5.41, 5.74) is 0. The maximum Gasteiger partial charge on any atom is 0.267 e. The molecule has 0 aliphatic carbocycles. The van der Waals surface area contributed by atoms with Crippen molar-refractivity contribution in [2.24, 2.45) is 0 Å². The van der Waals surface area contributed by atoms with Crippen molar-refractivity contribution < 1.29 is 22.9 Å². The van der Waals surface area contributed by atoms with Crippen LogP contribution in [0, 0.1) is 0 Å². The standard InChI is InChI=1S/C34H61NO5S/c1-3-5-7-9-11-13-14-15-16-17-18-19-20-22-24-26-28-30-34(37)35-32(31-41(38,39)40)33(36)29-27-25-23-21-12-10-8-6-4-2/h5,7,11,13,15-16,27,29,32-33,36H,3-4,6,8-10,12,14,17-26,28,30-31H2,1-2H3,(H,35,37)(H,38,39,40)/b7-5-,13-11-,16-15-,29-27+. The maximum atomic E-state index is 12.4. The van der Waals surface area contributed by atoms with Crippen LogP contribution in [0.2, 0.25) is 0 Å². The highest BCUT2D eigenvalue weighted by molar-refractivity contribution is 7.85. The first-order chi connectivity index (χ1) is 19.8. The number of rotatable bonds is 28. The monoisotopic (exact) mass is 595 g/mol. The van der Waals surface area contributed by atoms with Gasteiger partial charge in [-0.3, -0.25) is 9.35 Å². The van der Waals surface area contributed by atoms with Crippen LogP contribution in [-0.2, 0) is 14.9 Å². The van der Waals surface area contributed by atoms with E-state index >= 15 is 0 Å². The number of carbonyl (C=O) groups is 1. The minimum atomic E-state index is -4.33. The first-order valence-electron chi connectivity index (χ1n) is 16.3. The molecule has 3 N–H and O–H groups in total. The quantitative estimate of drug-likeness (QED) is 0.0476. The number of allylic oxidation sites excluding steroid dienone is 7. The number of aliphatic hydroxyl groups is 1. The molecule has 0 saturated heterocycles. The fourth-order valence-corrected chi connectivity index (χ4v) is 5.31. The summed E-state index contributed by atoms with van der Waals surface area (Å²) in [5, 5.41) is 13.1. The minimum Gasteiger partial charge on any atom is -0.387 e. The number of aliphatic hydroxyl groups excluding tert-OH is 1. The lowest BCUT2D eigenvalue weighted by molar-refractivity contribution is -0.122. The van der Waals surface area contributed by atoms with Gasteiger partial charge in [0, 0.05) is 6.42 Å². The summed E-state index contributed by atoms with van der Waals surface area (Å²) < 4.78 is 32.2. The van der Waals surface area contributed by atoms with E-state index in [1.807, 2.05) is 6.08 Å². The van der Waals surface area contributed by atoms with Crippen LogP contribution in [-0.4, -0.2) is 41.9 Å². The first-order valence-corrected chi connectivity index (χ1v) is 17.9. The molecule has 0 aromatic heterocycles. The van der Waals surface area contributed by atoms with E-state index in [0.717, 1.165) is 70.6 Å². The molecule has 0 aliphatic heterocycles. The molecule has 0 saturated carbocycles. The molecule has 0 aromatic rings. The molecule has 0 heterocycles. The van der Waals surface area contributed by atoms with E-state index in [1.165, 1.54) is 57.4 Å². The SMILES string of the molecule is CC/C=C\C/C=C\C/C=C\CCCCCCCCCC(=O)NC(CS(=O)(=O)O)C(O)/C=C/CCCCCCCCC. The molecule has 0 aromatic carbocycles. The van der Waals surface area contributed by atoms with Gasteiger partial charge in [-0.25, -0.2) is 0 Å². The van der Waals surface area contributed by atoms with Gasteiger partial charge in [0.1, 0.15) is 0 Å². The third kappa shape index (κ3) is 29.6. The summed E-state index contributed by atoms with van der Waals surface area (Å²) in [4.78, 5) is 12.4. The Bertz CT molecular complexity index is 832. The molecular weight excluding hydrogens is 534 g/mol. The topological polar surface area (TPSA) is 104 Å². The molecule has 0 rings (SSSR count). The number of hydrogen-bond donors (Lipinski definition) is 3. The van der Waals surface area contributed by atoms with Gasteiger partial charge in [-0.15, -0.1) is 0 Å². The van der Waals surface area contributed by atoms with Gasteiger partial charge in [0.25, 0.3) is 10.1 Å². The average Bonchev–Trinajstić information content (AvgIpc) is 2.92. The fraction of sp³-hybridized carbons (Fsp3) is 0.735. The summed E-state index contributed by atoms with van der Waals surface area (Å²) in [6.45, 7) is 4.34. The Morgan fingerprint density at radius 1 is 0.683 bits per heavy atom. The average molecular weight is 596 g/mol. The Balaban J connectivity index is 4.02. The van der Waals surface area contributed by atoms with Crippen LogP contribution in [0.3, 0.4) is 0 Å². The highest BCUT2D eigenvalue weighted by Gasteiger charge is 2.24. The van der Waals surface area contributed by atoms with Gasteiger partial charge in [-0.2, -0.15) is 8.42 Å². The second-order valence-corrected chi connectivity index (χ2v) is 12.6. The zero-order chi connectivity index (χ0) is 30.4. The molecule has 0 fully saturated rings. The second kappa shape index (κ2) is 28.4. The maximum absolute atomic E-state index is 12.4. The Kier molecular flexibility index (Phi) is 27.2.